The van der Waals surface area contributed by atoms with Crippen LogP contribution in [0, 0.1) is 0 Å². The summed E-state index contributed by atoms with van der Waals surface area (Å²) in [5, 5.41) is 1.31. The Balaban J connectivity index is 1.35. The van der Waals surface area contributed by atoms with E-state index in [-0.39, 0.29) is 29.1 Å². The molecule has 45 heavy (non-hydrogen) atoms. The molecule has 2 aliphatic rings. The van der Waals surface area contributed by atoms with E-state index >= 15 is 8.78 Å². The van der Waals surface area contributed by atoms with E-state index in [0.717, 1.165) is 16.5 Å². The van der Waals surface area contributed by atoms with Crippen molar-refractivity contribution in [2.45, 2.75) is 80.6 Å². The maximum atomic E-state index is 16.5. The molecule has 2 saturated heterocycles. The zero-order chi connectivity index (χ0) is 31.9. The summed E-state index contributed by atoms with van der Waals surface area (Å²) in [5.41, 5.74) is 7.30. The standard InChI is InChI=1S/C35H37F2N3O4S/c1-22(2)44-31-16-10-26-19-32(17-11-25(26)18-31)45(42,43)39-33(34(41)40-29-14-15-30(40)21-28(38)20-29)35(36,37)27-12-8-24(9-13-27)23-6-4-3-5-7-23/h3-13,16-19,22,28-30,33,39H,14-15,20-21,38H2,1-2H3/t28?,29?,30?,33-/m1/s1. The van der Waals surface area contributed by atoms with Crippen molar-refractivity contribution in [3.63, 3.8) is 0 Å². The Bertz CT molecular complexity index is 1790. The first kappa shape index (κ1) is 31.1. The normalized spacial score (nSPS) is 20.8. The highest BCUT2D eigenvalue weighted by Crippen LogP contribution is 2.40. The van der Waals surface area contributed by atoms with Gasteiger partial charge in [-0.25, -0.2) is 8.42 Å². The molecule has 10 heteroatoms. The predicted molar refractivity (Wildman–Crippen MR) is 170 cm³/mol. The van der Waals surface area contributed by atoms with Crippen LogP contribution in [0.3, 0.4) is 0 Å². The number of carbonyl (C=O) groups excluding carboxylic acids is 1. The maximum Gasteiger partial charge on any atom is 0.298 e. The van der Waals surface area contributed by atoms with E-state index < -0.39 is 33.5 Å². The largest absolute Gasteiger partial charge is 0.491 e. The van der Waals surface area contributed by atoms with Gasteiger partial charge in [-0.2, -0.15) is 13.5 Å². The maximum absolute atomic E-state index is 16.5. The third kappa shape index (κ3) is 6.32. The highest BCUT2D eigenvalue weighted by atomic mass is 32.2. The SMILES string of the molecule is CC(C)Oc1ccc2cc(S(=O)(=O)N[C@H](C(=O)N3C4CCC3CC(N)C4)C(F)(F)c3ccc(-c4ccccc4)cc3)ccc2c1. The molecular formula is C35H37F2N3O4S. The Morgan fingerprint density at radius 3 is 2.13 bits per heavy atom. The summed E-state index contributed by atoms with van der Waals surface area (Å²) in [6.45, 7) is 3.81. The molecule has 4 aromatic carbocycles. The number of nitrogens with two attached hydrogens (primary N) is 1. The molecule has 0 aliphatic carbocycles. The molecule has 4 aromatic rings. The Morgan fingerprint density at radius 1 is 0.889 bits per heavy atom. The lowest BCUT2D eigenvalue weighted by Gasteiger charge is -2.41. The van der Waals surface area contributed by atoms with Crippen LogP contribution in [0.15, 0.2) is 95.9 Å². The van der Waals surface area contributed by atoms with E-state index in [4.69, 9.17) is 10.5 Å². The number of nitrogens with zero attached hydrogens (tertiary/aromatic N) is 1. The number of sulfonamides is 1. The molecule has 0 radical (unpaired) electrons. The Labute approximate surface area is 262 Å². The lowest BCUT2D eigenvalue weighted by atomic mass is 9.94. The number of piperidine rings is 1. The first-order valence-electron chi connectivity index (χ1n) is 15.3. The number of fused-ring (bicyclic) bond motifs is 3. The van der Waals surface area contributed by atoms with Crippen LogP contribution in [0.2, 0.25) is 0 Å². The van der Waals surface area contributed by atoms with Crippen LogP contribution in [0.1, 0.15) is 45.1 Å². The summed E-state index contributed by atoms with van der Waals surface area (Å²) in [6, 6.07) is 21.4. The molecule has 2 aliphatic heterocycles. The van der Waals surface area contributed by atoms with E-state index in [9.17, 15) is 13.2 Å². The van der Waals surface area contributed by atoms with E-state index in [1.807, 2.05) is 44.2 Å². The van der Waals surface area contributed by atoms with Crippen LogP contribution >= 0.6 is 0 Å². The highest BCUT2D eigenvalue weighted by molar-refractivity contribution is 7.89. The molecule has 3 atom stereocenters. The molecule has 0 saturated carbocycles. The lowest BCUT2D eigenvalue weighted by molar-refractivity contribution is -0.149. The summed E-state index contributed by atoms with van der Waals surface area (Å²) in [7, 11) is -4.56. The molecule has 1 amide bonds. The number of hydrogen-bond donors (Lipinski definition) is 2. The minimum Gasteiger partial charge on any atom is -0.491 e. The number of ether oxygens (including phenoxy) is 1. The van der Waals surface area contributed by atoms with Gasteiger partial charge >= 0.3 is 0 Å². The van der Waals surface area contributed by atoms with Gasteiger partial charge in [-0.05, 0) is 85.7 Å². The van der Waals surface area contributed by atoms with Crippen LogP contribution in [0.4, 0.5) is 8.78 Å². The smallest absolute Gasteiger partial charge is 0.298 e. The number of nitrogens with one attached hydrogen (secondary N) is 1. The van der Waals surface area contributed by atoms with Gasteiger partial charge in [-0.1, -0.05) is 66.7 Å². The molecule has 2 unspecified atom stereocenters. The monoisotopic (exact) mass is 633 g/mol. The Morgan fingerprint density at radius 2 is 1.49 bits per heavy atom. The van der Waals surface area contributed by atoms with E-state index in [1.54, 1.807) is 36.4 Å². The molecule has 0 aromatic heterocycles. The molecule has 7 nitrogen and oxygen atoms in total. The quantitative estimate of drug-likeness (QED) is 0.228. The Kier molecular flexibility index (Phi) is 8.41. The average Bonchev–Trinajstić information content (AvgIpc) is 3.29. The zero-order valence-electron chi connectivity index (χ0n) is 25.2. The summed E-state index contributed by atoms with van der Waals surface area (Å²) in [5.74, 6) is -4.17. The third-order valence-electron chi connectivity index (χ3n) is 8.75. The number of amides is 1. The van der Waals surface area contributed by atoms with Gasteiger partial charge in [0.15, 0.2) is 6.04 Å². The van der Waals surface area contributed by atoms with Crippen molar-refractivity contribution in [1.29, 1.82) is 0 Å². The van der Waals surface area contributed by atoms with Gasteiger partial charge in [-0.3, -0.25) is 4.79 Å². The fourth-order valence-corrected chi connectivity index (χ4v) is 7.85. The topological polar surface area (TPSA) is 102 Å². The first-order chi connectivity index (χ1) is 21.4. The summed E-state index contributed by atoms with van der Waals surface area (Å²) < 4.78 is 68.5. The second-order valence-electron chi connectivity index (χ2n) is 12.3. The molecule has 236 valence electrons. The molecule has 3 N–H and O–H groups in total. The molecule has 2 heterocycles. The second-order valence-corrected chi connectivity index (χ2v) is 14.0. The van der Waals surface area contributed by atoms with Gasteiger partial charge < -0.3 is 15.4 Å². The van der Waals surface area contributed by atoms with E-state index in [0.29, 0.717) is 36.8 Å². The van der Waals surface area contributed by atoms with E-state index in [1.165, 1.54) is 29.2 Å². The number of rotatable bonds is 9. The average molecular weight is 634 g/mol. The summed E-state index contributed by atoms with van der Waals surface area (Å²) >= 11 is 0. The van der Waals surface area contributed by atoms with Crippen LogP contribution in [0.5, 0.6) is 5.75 Å². The number of benzene rings is 4. The van der Waals surface area contributed by atoms with Crippen molar-refractivity contribution in [3.05, 3.63) is 96.6 Å². The molecule has 0 spiro atoms. The van der Waals surface area contributed by atoms with Crippen LogP contribution in [0.25, 0.3) is 21.9 Å². The minimum atomic E-state index is -4.56. The fraction of sp³-hybridized carbons (Fsp3) is 0.343. The van der Waals surface area contributed by atoms with Gasteiger partial charge in [0.05, 0.1) is 11.0 Å². The minimum absolute atomic E-state index is 0.0390. The fourth-order valence-electron chi connectivity index (χ4n) is 6.63. The van der Waals surface area contributed by atoms with Crippen molar-refractivity contribution in [3.8, 4) is 16.9 Å². The van der Waals surface area contributed by atoms with Gasteiger partial charge in [0.2, 0.25) is 15.9 Å². The Hall–Kier alpha value is -3.86. The molecule has 6 rings (SSSR count). The number of hydrogen-bond acceptors (Lipinski definition) is 5. The zero-order valence-corrected chi connectivity index (χ0v) is 26.0. The third-order valence-corrected chi connectivity index (χ3v) is 10.2. The molecule has 2 bridgehead atoms. The number of halogens is 2. The van der Waals surface area contributed by atoms with Gasteiger partial charge in [0.1, 0.15) is 5.75 Å². The first-order valence-corrected chi connectivity index (χ1v) is 16.7. The summed E-state index contributed by atoms with van der Waals surface area (Å²) in [6.07, 6.45) is 2.24. The van der Waals surface area contributed by atoms with Crippen LogP contribution in [-0.2, 0) is 20.7 Å². The lowest BCUT2D eigenvalue weighted by Crippen LogP contribution is -2.60. The predicted octanol–water partition coefficient (Wildman–Crippen LogP) is 6.21. The van der Waals surface area contributed by atoms with Gasteiger partial charge in [-0.15, -0.1) is 0 Å². The van der Waals surface area contributed by atoms with E-state index in [2.05, 4.69) is 4.72 Å². The van der Waals surface area contributed by atoms with Crippen LogP contribution < -0.4 is 15.2 Å². The van der Waals surface area contributed by atoms with Gasteiger partial charge in [0, 0.05) is 23.7 Å². The second kappa shape index (κ2) is 12.2. The van der Waals surface area contributed by atoms with Crippen molar-refractivity contribution < 1.29 is 26.7 Å². The molecule has 2 fully saturated rings. The summed E-state index contributed by atoms with van der Waals surface area (Å²) in [4.78, 5) is 15.3. The van der Waals surface area contributed by atoms with Gasteiger partial charge in [0.25, 0.3) is 5.92 Å². The number of carbonyl (C=O) groups is 1. The van der Waals surface area contributed by atoms with Crippen molar-refractivity contribution >= 4 is 26.7 Å². The van der Waals surface area contributed by atoms with Crippen LogP contribution in [-0.4, -0.2) is 49.5 Å². The van der Waals surface area contributed by atoms with Crippen molar-refractivity contribution in [2.24, 2.45) is 5.73 Å². The molecular weight excluding hydrogens is 596 g/mol. The van der Waals surface area contributed by atoms with Crippen molar-refractivity contribution in [2.75, 3.05) is 0 Å². The van der Waals surface area contributed by atoms with Crippen molar-refractivity contribution in [1.82, 2.24) is 9.62 Å². The number of alkyl halides is 2. The highest BCUT2D eigenvalue weighted by Gasteiger charge is 2.53.